The highest BCUT2D eigenvalue weighted by Crippen LogP contribution is 2.27. The SMILES string of the molecule is CC(=N[C@H](C)c1ccccc1)C1CCCC1. The van der Waals surface area contributed by atoms with E-state index in [-0.39, 0.29) is 0 Å². The summed E-state index contributed by atoms with van der Waals surface area (Å²) in [6, 6.07) is 10.9. The molecule has 1 heteroatoms. The summed E-state index contributed by atoms with van der Waals surface area (Å²) >= 11 is 0. The maximum absolute atomic E-state index is 4.85. The molecule has 1 aliphatic rings. The van der Waals surface area contributed by atoms with Crippen LogP contribution in [0.15, 0.2) is 35.3 Å². The molecule has 0 N–H and O–H groups in total. The quantitative estimate of drug-likeness (QED) is 0.663. The van der Waals surface area contributed by atoms with Gasteiger partial charge in [0, 0.05) is 5.71 Å². The first-order valence-electron chi connectivity index (χ1n) is 6.36. The van der Waals surface area contributed by atoms with Crippen LogP contribution in [-0.2, 0) is 0 Å². The van der Waals surface area contributed by atoms with Crippen LogP contribution in [-0.4, -0.2) is 5.71 Å². The zero-order valence-electron chi connectivity index (χ0n) is 10.3. The van der Waals surface area contributed by atoms with Gasteiger partial charge in [0.2, 0.25) is 0 Å². The van der Waals surface area contributed by atoms with Crippen LogP contribution in [0.1, 0.15) is 51.1 Å². The summed E-state index contributed by atoms with van der Waals surface area (Å²) in [7, 11) is 0. The molecule has 1 aromatic rings. The molecule has 0 spiro atoms. The van der Waals surface area contributed by atoms with E-state index in [0.717, 1.165) is 5.92 Å². The van der Waals surface area contributed by atoms with E-state index >= 15 is 0 Å². The third-order valence-electron chi connectivity index (χ3n) is 3.63. The standard InChI is InChI=1S/C15H21N/c1-12(14-8-4-3-5-9-14)16-13(2)15-10-6-7-11-15/h3-5,8-9,12,15H,6-7,10-11H2,1-2H3/t12-/m1/s1. The molecule has 0 unspecified atom stereocenters. The van der Waals surface area contributed by atoms with E-state index < -0.39 is 0 Å². The number of aliphatic imine (C=N–C) groups is 1. The predicted octanol–water partition coefficient (Wildman–Crippen LogP) is 4.40. The van der Waals surface area contributed by atoms with Crippen molar-refractivity contribution in [2.75, 3.05) is 0 Å². The van der Waals surface area contributed by atoms with Crippen molar-refractivity contribution in [2.45, 2.75) is 45.6 Å². The van der Waals surface area contributed by atoms with Crippen molar-refractivity contribution in [3.05, 3.63) is 35.9 Å². The van der Waals surface area contributed by atoms with Crippen molar-refractivity contribution in [3.63, 3.8) is 0 Å². The van der Waals surface area contributed by atoms with Crippen molar-refractivity contribution in [1.29, 1.82) is 0 Å². The minimum atomic E-state index is 0.307. The van der Waals surface area contributed by atoms with E-state index in [1.807, 2.05) is 0 Å². The van der Waals surface area contributed by atoms with Gasteiger partial charge in [-0.3, -0.25) is 4.99 Å². The van der Waals surface area contributed by atoms with E-state index in [1.54, 1.807) is 0 Å². The fourth-order valence-electron chi connectivity index (χ4n) is 2.56. The minimum absolute atomic E-state index is 0.307. The van der Waals surface area contributed by atoms with E-state index in [4.69, 9.17) is 4.99 Å². The van der Waals surface area contributed by atoms with Gasteiger partial charge in [0.25, 0.3) is 0 Å². The molecular weight excluding hydrogens is 194 g/mol. The zero-order valence-corrected chi connectivity index (χ0v) is 10.3. The van der Waals surface area contributed by atoms with Gasteiger partial charge in [0.05, 0.1) is 6.04 Å². The Bertz CT molecular complexity index is 347. The molecule has 1 nitrogen and oxygen atoms in total. The van der Waals surface area contributed by atoms with Gasteiger partial charge in [0.15, 0.2) is 0 Å². The number of hydrogen-bond donors (Lipinski definition) is 0. The molecule has 86 valence electrons. The van der Waals surface area contributed by atoms with Crippen molar-refractivity contribution >= 4 is 5.71 Å². The van der Waals surface area contributed by atoms with Gasteiger partial charge in [-0.25, -0.2) is 0 Å². The summed E-state index contributed by atoms with van der Waals surface area (Å²) in [4.78, 5) is 4.85. The maximum atomic E-state index is 4.85. The number of rotatable bonds is 3. The molecule has 0 aliphatic heterocycles. The second kappa shape index (κ2) is 5.29. The van der Waals surface area contributed by atoms with Crippen LogP contribution in [0.25, 0.3) is 0 Å². The van der Waals surface area contributed by atoms with E-state index in [2.05, 4.69) is 44.2 Å². The van der Waals surface area contributed by atoms with Crippen LogP contribution < -0.4 is 0 Å². The molecule has 0 heterocycles. The molecule has 1 aliphatic carbocycles. The normalized spacial score (nSPS) is 20.0. The Hall–Kier alpha value is -1.11. The molecule has 1 saturated carbocycles. The second-order valence-corrected chi connectivity index (χ2v) is 4.84. The Labute approximate surface area is 98.6 Å². The zero-order chi connectivity index (χ0) is 11.4. The molecular formula is C15H21N. The summed E-state index contributed by atoms with van der Waals surface area (Å²) < 4.78 is 0. The molecule has 2 rings (SSSR count). The highest BCUT2D eigenvalue weighted by molar-refractivity contribution is 5.84. The molecule has 0 saturated heterocycles. The summed E-state index contributed by atoms with van der Waals surface area (Å²) in [5.74, 6) is 0.756. The van der Waals surface area contributed by atoms with Crippen LogP contribution in [0.3, 0.4) is 0 Å². The van der Waals surface area contributed by atoms with E-state index in [1.165, 1.54) is 37.0 Å². The van der Waals surface area contributed by atoms with Crippen molar-refractivity contribution in [1.82, 2.24) is 0 Å². The molecule has 1 fully saturated rings. The first kappa shape index (κ1) is 11.4. The number of nitrogens with zero attached hydrogens (tertiary/aromatic N) is 1. The lowest BCUT2D eigenvalue weighted by atomic mass is 10.0. The molecule has 16 heavy (non-hydrogen) atoms. The molecule has 0 bridgehead atoms. The lowest BCUT2D eigenvalue weighted by molar-refractivity contribution is 0.703. The average molecular weight is 215 g/mol. The molecule has 0 amide bonds. The van der Waals surface area contributed by atoms with Gasteiger partial charge in [-0.1, -0.05) is 43.2 Å². The van der Waals surface area contributed by atoms with Crippen molar-refractivity contribution in [2.24, 2.45) is 10.9 Å². The summed E-state index contributed by atoms with van der Waals surface area (Å²) in [5, 5.41) is 0. The summed E-state index contributed by atoms with van der Waals surface area (Å²) in [5.41, 5.74) is 2.67. The van der Waals surface area contributed by atoms with Crippen LogP contribution in [0.5, 0.6) is 0 Å². The maximum Gasteiger partial charge on any atom is 0.0720 e. The fraction of sp³-hybridized carbons (Fsp3) is 0.533. The third-order valence-corrected chi connectivity index (χ3v) is 3.63. The van der Waals surface area contributed by atoms with Crippen LogP contribution in [0, 0.1) is 5.92 Å². The fourth-order valence-corrected chi connectivity index (χ4v) is 2.56. The number of benzene rings is 1. The summed E-state index contributed by atoms with van der Waals surface area (Å²) in [6.45, 7) is 4.39. The van der Waals surface area contributed by atoms with Gasteiger partial charge < -0.3 is 0 Å². The Morgan fingerprint density at radius 1 is 1.19 bits per heavy atom. The smallest absolute Gasteiger partial charge is 0.0720 e. The first-order valence-corrected chi connectivity index (χ1v) is 6.36. The molecule has 0 radical (unpaired) electrons. The summed E-state index contributed by atoms with van der Waals surface area (Å²) in [6.07, 6.45) is 5.46. The lowest BCUT2D eigenvalue weighted by Gasteiger charge is -2.13. The van der Waals surface area contributed by atoms with Crippen LogP contribution >= 0.6 is 0 Å². The topological polar surface area (TPSA) is 12.4 Å². The predicted molar refractivity (Wildman–Crippen MR) is 69.9 cm³/mol. The van der Waals surface area contributed by atoms with Gasteiger partial charge >= 0.3 is 0 Å². The third kappa shape index (κ3) is 2.72. The van der Waals surface area contributed by atoms with E-state index in [9.17, 15) is 0 Å². The molecule has 1 atom stereocenters. The van der Waals surface area contributed by atoms with Gasteiger partial charge in [-0.15, -0.1) is 0 Å². The van der Waals surface area contributed by atoms with Gasteiger partial charge in [-0.05, 0) is 38.2 Å². The minimum Gasteiger partial charge on any atom is -0.286 e. The van der Waals surface area contributed by atoms with Crippen LogP contribution in [0.2, 0.25) is 0 Å². The highest BCUT2D eigenvalue weighted by Gasteiger charge is 2.18. The monoisotopic (exact) mass is 215 g/mol. The lowest BCUT2D eigenvalue weighted by Crippen LogP contribution is -2.08. The Morgan fingerprint density at radius 2 is 1.81 bits per heavy atom. The largest absolute Gasteiger partial charge is 0.286 e. The average Bonchev–Trinajstić information content (AvgIpc) is 2.83. The Morgan fingerprint density at radius 3 is 2.44 bits per heavy atom. The van der Waals surface area contributed by atoms with Gasteiger partial charge in [-0.2, -0.15) is 0 Å². The first-order chi connectivity index (χ1) is 7.77. The van der Waals surface area contributed by atoms with Gasteiger partial charge in [0.1, 0.15) is 0 Å². The highest BCUT2D eigenvalue weighted by atomic mass is 14.8. The van der Waals surface area contributed by atoms with Crippen molar-refractivity contribution < 1.29 is 0 Å². The molecule has 0 aromatic heterocycles. The van der Waals surface area contributed by atoms with Crippen molar-refractivity contribution in [3.8, 4) is 0 Å². The Balaban J connectivity index is 2.05. The number of hydrogen-bond acceptors (Lipinski definition) is 1. The van der Waals surface area contributed by atoms with Crippen LogP contribution in [0.4, 0.5) is 0 Å². The second-order valence-electron chi connectivity index (χ2n) is 4.84. The van der Waals surface area contributed by atoms with E-state index in [0.29, 0.717) is 6.04 Å². The molecule has 1 aromatic carbocycles. The Kier molecular flexibility index (Phi) is 3.76.